The molecule has 3 aromatic rings. The van der Waals surface area contributed by atoms with Crippen molar-refractivity contribution < 1.29 is 13.6 Å². The number of ketones is 1. The summed E-state index contributed by atoms with van der Waals surface area (Å²) in [5.74, 6) is -0.508. The number of carbonyl (C=O) groups is 1. The summed E-state index contributed by atoms with van der Waals surface area (Å²) in [7, 11) is 0. The van der Waals surface area contributed by atoms with Crippen molar-refractivity contribution in [3.8, 4) is 0 Å². The molecule has 0 fully saturated rings. The molecule has 0 saturated heterocycles. The van der Waals surface area contributed by atoms with E-state index in [4.69, 9.17) is 16.0 Å². The van der Waals surface area contributed by atoms with Gasteiger partial charge >= 0.3 is 0 Å². The molecule has 0 bridgehead atoms. The van der Waals surface area contributed by atoms with Gasteiger partial charge in [0.25, 0.3) is 0 Å². The Balaban J connectivity index is 2.18. The van der Waals surface area contributed by atoms with Crippen molar-refractivity contribution in [1.29, 1.82) is 0 Å². The quantitative estimate of drug-likeness (QED) is 0.636. The molecule has 1 aromatic heterocycles. The molecule has 2 aromatic carbocycles. The Morgan fingerprint density at radius 1 is 1.20 bits per heavy atom. The van der Waals surface area contributed by atoms with Crippen LogP contribution in [0.15, 0.2) is 46.9 Å². The van der Waals surface area contributed by atoms with Crippen LogP contribution in [0.2, 0.25) is 5.02 Å². The minimum Gasteiger partial charge on any atom is -0.452 e. The highest BCUT2D eigenvalue weighted by molar-refractivity contribution is 6.35. The number of halogens is 2. The lowest BCUT2D eigenvalue weighted by Crippen LogP contribution is -2.02. The Hall–Kier alpha value is -2.13. The smallest absolute Gasteiger partial charge is 0.229 e. The summed E-state index contributed by atoms with van der Waals surface area (Å²) in [5.41, 5.74) is 1.42. The highest BCUT2D eigenvalue weighted by Crippen LogP contribution is 2.29. The van der Waals surface area contributed by atoms with Gasteiger partial charge in [-0.3, -0.25) is 4.79 Å². The van der Waals surface area contributed by atoms with Crippen LogP contribution in [0.3, 0.4) is 0 Å². The van der Waals surface area contributed by atoms with Crippen molar-refractivity contribution in [2.75, 3.05) is 0 Å². The van der Waals surface area contributed by atoms with Crippen LogP contribution in [0.25, 0.3) is 11.0 Å². The summed E-state index contributed by atoms with van der Waals surface area (Å²) in [4.78, 5) is 12.5. The van der Waals surface area contributed by atoms with Crippen LogP contribution in [0.4, 0.5) is 4.39 Å². The lowest BCUT2D eigenvalue weighted by Gasteiger charge is -2.01. The van der Waals surface area contributed by atoms with E-state index in [9.17, 15) is 9.18 Å². The normalized spacial score (nSPS) is 10.9. The maximum absolute atomic E-state index is 13.2. The molecule has 0 saturated carbocycles. The van der Waals surface area contributed by atoms with Gasteiger partial charge in [0.1, 0.15) is 11.4 Å². The van der Waals surface area contributed by atoms with Crippen LogP contribution in [0.1, 0.15) is 21.7 Å². The van der Waals surface area contributed by atoms with E-state index in [1.807, 2.05) is 0 Å². The van der Waals surface area contributed by atoms with Gasteiger partial charge in [-0.05, 0) is 31.2 Å². The van der Waals surface area contributed by atoms with Crippen molar-refractivity contribution in [2.24, 2.45) is 0 Å². The molecule has 0 atom stereocenters. The minimum absolute atomic E-state index is 0.193. The van der Waals surface area contributed by atoms with E-state index in [2.05, 4.69) is 0 Å². The van der Waals surface area contributed by atoms with Gasteiger partial charge in [0.15, 0.2) is 5.76 Å². The van der Waals surface area contributed by atoms with Gasteiger partial charge in [-0.1, -0.05) is 23.7 Å². The molecular weight excluding hydrogens is 279 g/mol. The molecule has 0 aliphatic rings. The molecule has 0 amide bonds. The summed E-state index contributed by atoms with van der Waals surface area (Å²) in [6.07, 6.45) is 0. The topological polar surface area (TPSA) is 30.2 Å². The number of carbonyl (C=O) groups excluding carboxylic acids is 1. The maximum Gasteiger partial charge on any atom is 0.229 e. The largest absolute Gasteiger partial charge is 0.452 e. The highest BCUT2D eigenvalue weighted by atomic mass is 35.5. The first-order valence-corrected chi connectivity index (χ1v) is 6.43. The fraction of sp³-hybridized carbons (Fsp3) is 0.0625. The second-order valence-corrected chi connectivity index (χ2v) is 4.91. The Labute approximate surface area is 119 Å². The van der Waals surface area contributed by atoms with Crippen LogP contribution >= 0.6 is 11.6 Å². The van der Waals surface area contributed by atoms with E-state index >= 15 is 0 Å². The predicted molar refractivity (Wildman–Crippen MR) is 75.8 cm³/mol. The van der Waals surface area contributed by atoms with Crippen molar-refractivity contribution >= 4 is 28.4 Å². The molecular formula is C16H10ClFO2. The molecule has 1 heterocycles. The molecule has 0 unspecified atom stereocenters. The SMILES string of the molecule is Cc1c(C(=O)c2ccccc2Cl)oc2cc(F)ccc12. The standard InChI is InChI=1S/C16H10ClFO2/c1-9-11-7-6-10(18)8-14(11)20-16(9)15(19)12-4-2-3-5-13(12)17/h2-8H,1H3. The van der Waals surface area contributed by atoms with E-state index < -0.39 is 5.82 Å². The van der Waals surface area contributed by atoms with Crippen molar-refractivity contribution in [1.82, 2.24) is 0 Å². The third-order valence-corrected chi connectivity index (χ3v) is 3.55. The Kier molecular flexibility index (Phi) is 3.07. The van der Waals surface area contributed by atoms with Gasteiger partial charge in [-0.2, -0.15) is 0 Å². The molecule has 2 nitrogen and oxygen atoms in total. The number of hydrogen-bond donors (Lipinski definition) is 0. The number of hydrogen-bond acceptors (Lipinski definition) is 2. The lowest BCUT2D eigenvalue weighted by molar-refractivity contribution is 0.101. The van der Waals surface area contributed by atoms with Crippen molar-refractivity contribution in [2.45, 2.75) is 6.92 Å². The van der Waals surface area contributed by atoms with E-state index in [0.717, 1.165) is 5.39 Å². The zero-order valence-corrected chi connectivity index (χ0v) is 11.4. The monoisotopic (exact) mass is 288 g/mol. The zero-order chi connectivity index (χ0) is 14.3. The Morgan fingerprint density at radius 3 is 2.70 bits per heavy atom. The average molecular weight is 289 g/mol. The lowest BCUT2D eigenvalue weighted by atomic mass is 10.0. The predicted octanol–water partition coefficient (Wildman–Crippen LogP) is 4.76. The molecule has 0 N–H and O–H groups in total. The Morgan fingerprint density at radius 2 is 1.95 bits per heavy atom. The fourth-order valence-corrected chi connectivity index (χ4v) is 2.41. The number of benzene rings is 2. The minimum atomic E-state index is -0.400. The summed E-state index contributed by atoms with van der Waals surface area (Å²) >= 11 is 6.02. The zero-order valence-electron chi connectivity index (χ0n) is 10.6. The second-order valence-electron chi connectivity index (χ2n) is 4.51. The van der Waals surface area contributed by atoms with Crippen LogP contribution in [-0.4, -0.2) is 5.78 Å². The highest BCUT2D eigenvalue weighted by Gasteiger charge is 2.21. The van der Waals surface area contributed by atoms with Crippen molar-refractivity contribution in [3.05, 3.63) is 70.2 Å². The van der Waals surface area contributed by atoms with Gasteiger partial charge in [-0.25, -0.2) is 4.39 Å². The van der Waals surface area contributed by atoms with Gasteiger partial charge in [0.2, 0.25) is 5.78 Å². The Bertz CT molecular complexity index is 820. The van der Waals surface area contributed by atoms with E-state index in [-0.39, 0.29) is 11.5 Å². The van der Waals surface area contributed by atoms with E-state index in [1.54, 1.807) is 37.3 Å². The van der Waals surface area contributed by atoms with Gasteiger partial charge in [0.05, 0.1) is 5.02 Å². The van der Waals surface area contributed by atoms with Crippen LogP contribution in [-0.2, 0) is 0 Å². The third kappa shape index (κ3) is 2.00. The second kappa shape index (κ2) is 4.76. The first-order chi connectivity index (χ1) is 9.58. The molecule has 0 radical (unpaired) electrons. The van der Waals surface area contributed by atoms with Crippen LogP contribution < -0.4 is 0 Å². The van der Waals surface area contributed by atoms with Gasteiger partial charge in [-0.15, -0.1) is 0 Å². The summed E-state index contributed by atoms with van der Waals surface area (Å²) in [5, 5.41) is 1.09. The molecule has 4 heteroatoms. The third-order valence-electron chi connectivity index (χ3n) is 3.22. The number of fused-ring (bicyclic) bond motifs is 1. The van der Waals surface area contributed by atoms with Gasteiger partial charge < -0.3 is 4.42 Å². The summed E-state index contributed by atoms with van der Waals surface area (Å²) in [6.45, 7) is 1.77. The summed E-state index contributed by atoms with van der Waals surface area (Å²) in [6, 6.07) is 11.0. The van der Waals surface area contributed by atoms with Crippen molar-refractivity contribution in [3.63, 3.8) is 0 Å². The first kappa shape index (κ1) is 12.9. The van der Waals surface area contributed by atoms with Crippen LogP contribution in [0, 0.1) is 12.7 Å². The van der Waals surface area contributed by atoms with Gasteiger partial charge in [0, 0.05) is 22.6 Å². The maximum atomic E-state index is 13.2. The fourth-order valence-electron chi connectivity index (χ4n) is 2.18. The van der Waals surface area contributed by atoms with E-state index in [0.29, 0.717) is 21.7 Å². The molecule has 0 spiro atoms. The molecule has 100 valence electrons. The molecule has 20 heavy (non-hydrogen) atoms. The number of furan rings is 1. The average Bonchev–Trinajstić information content (AvgIpc) is 2.75. The molecule has 0 aliphatic heterocycles. The summed E-state index contributed by atoms with van der Waals surface area (Å²) < 4.78 is 18.7. The van der Waals surface area contributed by atoms with E-state index in [1.165, 1.54) is 12.1 Å². The van der Waals surface area contributed by atoms with Crippen LogP contribution in [0.5, 0.6) is 0 Å². The first-order valence-electron chi connectivity index (χ1n) is 6.06. The number of aryl methyl sites for hydroxylation is 1. The number of rotatable bonds is 2. The molecule has 3 rings (SSSR count). The molecule has 0 aliphatic carbocycles.